The van der Waals surface area contributed by atoms with Crippen molar-refractivity contribution in [1.82, 2.24) is 0 Å². The van der Waals surface area contributed by atoms with Gasteiger partial charge in [-0.1, -0.05) is 68.4 Å². The van der Waals surface area contributed by atoms with Gasteiger partial charge >= 0.3 is 0 Å². The summed E-state index contributed by atoms with van der Waals surface area (Å²) in [5.41, 5.74) is 3.77. The van der Waals surface area contributed by atoms with Gasteiger partial charge in [0.15, 0.2) is 0 Å². The van der Waals surface area contributed by atoms with Gasteiger partial charge in [0.25, 0.3) is 0 Å². The molecule has 2 rings (SSSR count). The second-order valence-corrected chi connectivity index (χ2v) is 6.11. The monoisotopic (exact) mass is 280 g/mol. The maximum atomic E-state index is 11.4. The van der Waals surface area contributed by atoms with Gasteiger partial charge in [-0.3, -0.25) is 0 Å². The Hall–Kier alpha value is -1.89. The van der Waals surface area contributed by atoms with Crippen molar-refractivity contribution in [2.75, 3.05) is 0 Å². The van der Waals surface area contributed by atoms with Crippen LogP contribution >= 0.6 is 0 Å². The van der Waals surface area contributed by atoms with E-state index in [1.165, 1.54) is 11.1 Å². The number of carbonyl (C=O) groups excluding carboxylic acids is 1. The average Bonchev–Trinajstić information content (AvgIpc) is 2.50. The van der Waals surface area contributed by atoms with E-state index in [2.05, 4.69) is 50.2 Å². The smallest absolute Gasteiger partial charge is 0.127 e. The fraction of sp³-hybridized carbons (Fsp3) is 0.350. The highest BCUT2D eigenvalue weighted by Gasteiger charge is 2.10. The Morgan fingerprint density at radius 3 is 2.14 bits per heavy atom. The minimum absolute atomic E-state index is 0.00157. The number of benzene rings is 2. The van der Waals surface area contributed by atoms with Crippen LogP contribution in [0.15, 0.2) is 54.6 Å². The molecule has 0 amide bonds. The first-order valence-corrected chi connectivity index (χ1v) is 7.77. The molecule has 1 heteroatoms. The standard InChI is InChI=1S/C20H24O/c1-16(2)14-18-9-11-19(12-10-18)20(15-21)13-8-17-6-4-3-5-7-17/h3-7,9-12,15-16,20H,8,13-14H2,1-2H3. The molecule has 1 unspecified atom stereocenters. The van der Waals surface area contributed by atoms with Crippen molar-refractivity contribution in [3.8, 4) is 0 Å². The maximum Gasteiger partial charge on any atom is 0.127 e. The van der Waals surface area contributed by atoms with Crippen LogP contribution in [0.1, 0.15) is 42.9 Å². The molecule has 0 fully saturated rings. The summed E-state index contributed by atoms with van der Waals surface area (Å²) in [6, 6.07) is 18.9. The van der Waals surface area contributed by atoms with Crippen LogP contribution in [0.5, 0.6) is 0 Å². The van der Waals surface area contributed by atoms with Gasteiger partial charge in [0.05, 0.1) is 0 Å². The van der Waals surface area contributed by atoms with Crippen LogP contribution in [0.4, 0.5) is 0 Å². The van der Waals surface area contributed by atoms with Gasteiger partial charge in [-0.25, -0.2) is 0 Å². The van der Waals surface area contributed by atoms with Crippen molar-refractivity contribution >= 4 is 6.29 Å². The zero-order valence-electron chi connectivity index (χ0n) is 13.0. The Kier molecular flexibility index (Phi) is 5.74. The third-order valence-electron chi connectivity index (χ3n) is 3.80. The Bertz CT molecular complexity index is 540. The average molecular weight is 280 g/mol. The highest BCUT2D eigenvalue weighted by atomic mass is 16.1. The van der Waals surface area contributed by atoms with E-state index >= 15 is 0 Å². The van der Waals surface area contributed by atoms with E-state index in [0.29, 0.717) is 5.92 Å². The molecule has 0 saturated heterocycles. The third-order valence-corrected chi connectivity index (χ3v) is 3.80. The molecule has 2 aromatic rings. The summed E-state index contributed by atoms with van der Waals surface area (Å²) in [7, 11) is 0. The van der Waals surface area contributed by atoms with E-state index < -0.39 is 0 Å². The van der Waals surface area contributed by atoms with Crippen LogP contribution in [0.25, 0.3) is 0 Å². The summed E-state index contributed by atoms with van der Waals surface area (Å²) in [4.78, 5) is 11.4. The molecule has 0 N–H and O–H groups in total. The summed E-state index contributed by atoms with van der Waals surface area (Å²) in [5.74, 6) is 0.661. The molecule has 0 aliphatic heterocycles. The minimum Gasteiger partial charge on any atom is -0.303 e. The second kappa shape index (κ2) is 7.78. The lowest BCUT2D eigenvalue weighted by molar-refractivity contribution is -0.109. The molecule has 0 aliphatic carbocycles. The number of hydrogen-bond acceptors (Lipinski definition) is 1. The van der Waals surface area contributed by atoms with E-state index in [9.17, 15) is 4.79 Å². The topological polar surface area (TPSA) is 17.1 Å². The van der Waals surface area contributed by atoms with Crippen LogP contribution in [-0.4, -0.2) is 6.29 Å². The van der Waals surface area contributed by atoms with E-state index in [1.807, 2.05) is 18.2 Å². The molecular weight excluding hydrogens is 256 g/mol. The van der Waals surface area contributed by atoms with Crippen molar-refractivity contribution in [3.63, 3.8) is 0 Å². The van der Waals surface area contributed by atoms with Crippen LogP contribution in [0.3, 0.4) is 0 Å². The van der Waals surface area contributed by atoms with Crippen molar-refractivity contribution in [1.29, 1.82) is 0 Å². The molecule has 21 heavy (non-hydrogen) atoms. The van der Waals surface area contributed by atoms with E-state index in [-0.39, 0.29) is 5.92 Å². The van der Waals surface area contributed by atoms with Gasteiger partial charge in [-0.15, -0.1) is 0 Å². The Morgan fingerprint density at radius 1 is 0.905 bits per heavy atom. The molecule has 0 heterocycles. The van der Waals surface area contributed by atoms with Crippen LogP contribution in [0, 0.1) is 5.92 Å². The summed E-state index contributed by atoms with van der Waals surface area (Å²) >= 11 is 0. The summed E-state index contributed by atoms with van der Waals surface area (Å²) < 4.78 is 0. The predicted molar refractivity (Wildman–Crippen MR) is 88.6 cm³/mol. The lowest BCUT2D eigenvalue weighted by Gasteiger charge is -2.12. The minimum atomic E-state index is -0.00157. The summed E-state index contributed by atoms with van der Waals surface area (Å²) in [6.45, 7) is 4.45. The molecule has 0 spiro atoms. The van der Waals surface area contributed by atoms with Gasteiger partial charge < -0.3 is 4.79 Å². The first kappa shape index (κ1) is 15.5. The number of aldehydes is 1. The van der Waals surface area contributed by atoms with Gasteiger partial charge in [0.2, 0.25) is 0 Å². The lowest BCUT2D eigenvalue weighted by Crippen LogP contribution is -2.03. The highest BCUT2D eigenvalue weighted by molar-refractivity contribution is 5.62. The number of aryl methyl sites for hydroxylation is 1. The van der Waals surface area contributed by atoms with Gasteiger partial charge in [0.1, 0.15) is 6.29 Å². The predicted octanol–water partition coefficient (Wildman–Crippen LogP) is 4.80. The maximum absolute atomic E-state index is 11.4. The number of hydrogen-bond donors (Lipinski definition) is 0. The van der Waals surface area contributed by atoms with Gasteiger partial charge in [0, 0.05) is 5.92 Å². The van der Waals surface area contributed by atoms with Crippen molar-refractivity contribution in [3.05, 3.63) is 71.3 Å². The normalized spacial score (nSPS) is 12.3. The molecule has 0 aliphatic rings. The SMILES string of the molecule is CC(C)Cc1ccc(C(C=O)CCc2ccccc2)cc1. The van der Waals surface area contributed by atoms with Crippen LogP contribution in [-0.2, 0) is 17.6 Å². The van der Waals surface area contributed by atoms with Crippen molar-refractivity contribution in [2.24, 2.45) is 5.92 Å². The van der Waals surface area contributed by atoms with Gasteiger partial charge in [-0.05, 0) is 41.9 Å². The second-order valence-electron chi connectivity index (χ2n) is 6.11. The lowest BCUT2D eigenvalue weighted by atomic mass is 9.92. The third kappa shape index (κ3) is 4.86. The van der Waals surface area contributed by atoms with Crippen LogP contribution < -0.4 is 0 Å². The molecule has 110 valence electrons. The largest absolute Gasteiger partial charge is 0.303 e. The Balaban J connectivity index is 1.98. The number of rotatable bonds is 7. The molecule has 0 saturated carbocycles. The highest BCUT2D eigenvalue weighted by Crippen LogP contribution is 2.21. The first-order valence-electron chi connectivity index (χ1n) is 7.77. The molecule has 1 atom stereocenters. The Morgan fingerprint density at radius 2 is 1.57 bits per heavy atom. The van der Waals surface area contributed by atoms with Gasteiger partial charge in [-0.2, -0.15) is 0 Å². The zero-order valence-corrected chi connectivity index (χ0v) is 13.0. The van der Waals surface area contributed by atoms with Crippen LogP contribution in [0.2, 0.25) is 0 Å². The first-order chi connectivity index (χ1) is 10.2. The fourth-order valence-electron chi connectivity index (χ4n) is 2.65. The molecule has 0 bridgehead atoms. The molecule has 0 radical (unpaired) electrons. The zero-order chi connectivity index (χ0) is 15.1. The van der Waals surface area contributed by atoms with Crippen molar-refractivity contribution in [2.45, 2.75) is 39.0 Å². The molecular formula is C20H24O. The quantitative estimate of drug-likeness (QED) is 0.666. The van der Waals surface area contributed by atoms with Crippen molar-refractivity contribution < 1.29 is 4.79 Å². The Labute approximate surface area is 128 Å². The molecule has 0 aromatic heterocycles. The number of carbonyl (C=O) groups is 1. The fourth-order valence-corrected chi connectivity index (χ4v) is 2.65. The van der Waals surface area contributed by atoms with E-state index in [1.54, 1.807) is 0 Å². The van der Waals surface area contributed by atoms with E-state index in [0.717, 1.165) is 31.1 Å². The molecule has 1 nitrogen and oxygen atoms in total. The summed E-state index contributed by atoms with van der Waals surface area (Å²) in [5, 5.41) is 0. The molecule has 2 aromatic carbocycles. The summed E-state index contributed by atoms with van der Waals surface area (Å²) in [6.07, 6.45) is 3.99. The van der Waals surface area contributed by atoms with E-state index in [4.69, 9.17) is 0 Å².